The van der Waals surface area contributed by atoms with Crippen LogP contribution in [0.1, 0.15) is 41.3 Å². The molecule has 3 nitrogen and oxygen atoms in total. The van der Waals surface area contributed by atoms with Crippen LogP contribution in [0, 0.1) is 13.8 Å². The van der Waals surface area contributed by atoms with E-state index in [1.807, 2.05) is 17.9 Å². The van der Waals surface area contributed by atoms with Crippen molar-refractivity contribution >= 4 is 21.6 Å². The number of fused-ring (bicyclic) bond motifs is 1. The summed E-state index contributed by atoms with van der Waals surface area (Å²) in [5.74, 6) is 0. The first-order valence-electron chi connectivity index (χ1n) is 7.10. The third-order valence-electron chi connectivity index (χ3n) is 4.19. The van der Waals surface area contributed by atoms with Crippen molar-refractivity contribution < 1.29 is 0 Å². The van der Waals surface area contributed by atoms with Crippen LogP contribution in [0.3, 0.4) is 0 Å². The molecule has 1 aromatic heterocycles. The Bertz CT molecular complexity index is 622. The lowest BCUT2D eigenvalue weighted by molar-refractivity contribution is 0.571. The van der Waals surface area contributed by atoms with Gasteiger partial charge in [-0.15, -0.1) is 0 Å². The van der Waals surface area contributed by atoms with E-state index in [9.17, 15) is 0 Å². The third kappa shape index (κ3) is 2.37. The molecule has 1 aliphatic carbocycles. The minimum absolute atomic E-state index is 0.381. The van der Waals surface area contributed by atoms with Crippen molar-refractivity contribution in [3.8, 4) is 0 Å². The van der Waals surface area contributed by atoms with E-state index in [-0.39, 0.29) is 0 Å². The molecule has 1 heterocycles. The Kier molecular flexibility index (Phi) is 3.59. The highest BCUT2D eigenvalue weighted by molar-refractivity contribution is 9.10. The second-order valence-corrected chi connectivity index (χ2v) is 6.59. The molecule has 3 rings (SSSR count). The van der Waals surface area contributed by atoms with Gasteiger partial charge < -0.3 is 5.32 Å². The summed E-state index contributed by atoms with van der Waals surface area (Å²) in [6.45, 7) is 4.32. The number of hydrogen-bond donors (Lipinski definition) is 1. The molecule has 2 aromatic rings. The predicted molar refractivity (Wildman–Crippen MR) is 86.1 cm³/mol. The van der Waals surface area contributed by atoms with E-state index in [1.165, 1.54) is 40.9 Å². The lowest BCUT2D eigenvalue weighted by Gasteiger charge is -2.26. The Hall–Kier alpha value is -1.29. The van der Waals surface area contributed by atoms with Gasteiger partial charge in [-0.05, 0) is 56.4 Å². The van der Waals surface area contributed by atoms with Crippen LogP contribution in [-0.4, -0.2) is 9.78 Å². The topological polar surface area (TPSA) is 29.9 Å². The highest BCUT2D eigenvalue weighted by atomic mass is 79.9. The maximum atomic E-state index is 4.42. The minimum Gasteiger partial charge on any atom is -0.378 e. The SMILES string of the molecule is Cc1cc(Br)cc(C)c1NC1CCCc2c1cnn2C. The van der Waals surface area contributed by atoms with Crippen LogP contribution in [-0.2, 0) is 13.5 Å². The first-order valence-corrected chi connectivity index (χ1v) is 7.89. The van der Waals surface area contributed by atoms with Gasteiger partial charge in [0, 0.05) is 28.5 Å². The average molecular weight is 334 g/mol. The second-order valence-electron chi connectivity index (χ2n) is 5.67. The van der Waals surface area contributed by atoms with E-state index in [1.54, 1.807) is 0 Å². The van der Waals surface area contributed by atoms with Gasteiger partial charge in [0.15, 0.2) is 0 Å². The van der Waals surface area contributed by atoms with Gasteiger partial charge in [0.2, 0.25) is 0 Å². The Balaban J connectivity index is 1.93. The van der Waals surface area contributed by atoms with Gasteiger partial charge in [0.25, 0.3) is 0 Å². The zero-order chi connectivity index (χ0) is 14.3. The van der Waals surface area contributed by atoms with Crippen molar-refractivity contribution in [1.29, 1.82) is 0 Å². The minimum atomic E-state index is 0.381. The summed E-state index contributed by atoms with van der Waals surface area (Å²) >= 11 is 3.56. The molecule has 0 fully saturated rings. The first kappa shape index (κ1) is 13.7. The number of nitrogens with zero attached hydrogens (tertiary/aromatic N) is 2. The van der Waals surface area contributed by atoms with E-state index < -0.39 is 0 Å². The number of hydrogen-bond acceptors (Lipinski definition) is 2. The molecule has 0 amide bonds. The quantitative estimate of drug-likeness (QED) is 0.888. The second kappa shape index (κ2) is 5.24. The van der Waals surface area contributed by atoms with Crippen LogP contribution in [0.25, 0.3) is 0 Å². The van der Waals surface area contributed by atoms with E-state index in [0.29, 0.717) is 6.04 Å². The van der Waals surface area contributed by atoms with Crippen LogP contribution in [0.5, 0.6) is 0 Å². The van der Waals surface area contributed by atoms with E-state index >= 15 is 0 Å². The van der Waals surface area contributed by atoms with Crippen molar-refractivity contribution in [3.63, 3.8) is 0 Å². The zero-order valence-corrected chi connectivity index (χ0v) is 13.8. The molecule has 106 valence electrons. The molecular formula is C16H20BrN3. The smallest absolute Gasteiger partial charge is 0.0548 e. The van der Waals surface area contributed by atoms with Crippen molar-refractivity contribution in [3.05, 3.63) is 45.2 Å². The molecule has 0 radical (unpaired) electrons. The molecule has 4 heteroatoms. The van der Waals surface area contributed by atoms with Crippen LogP contribution >= 0.6 is 15.9 Å². The fourth-order valence-corrected chi connectivity index (χ4v) is 3.86. The third-order valence-corrected chi connectivity index (χ3v) is 4.65. The molecule has 0 saturated carbocycles. The molecular weight excluding hydrogens is 314 g/mol. The van der Waals surface area contributed by atoms with Crippen LogP contribution in [0.15, 0.2) is 22.8 Å². The normalized spacial score (nSPS) is 17.9. The number of anilines is 1. The van der Waals surface area contributed by atoms with Gasteiger partial charge in [0.05, 0.1) is 12.2 Å². The predicted octanol–water partition coefficient (Wildman–Crippen LogP) is 4.29. The number of aryl methyl sites for hydroxylation is 3. The molecule has 1 atom stereocenters. The molecule has 20 heavy (non-hydrogen) atoms. The van der Waals surface area contributed by atoms with Crippen molar-refractivity contribution in [2.45, 2.75) is 39.2 Å². The maximum Gasteiger partial charge on any atom is 0.0548 e. The summed E-state index contributed by atoms with van der Waals surface area (Å²) in [5, 5.41) is 8.16. The lowest BCUT2D eigenvalue weighted by Crippen LogP contribution is -2.18. The van der Waals surface area contributed by atoms with Crippen molar-refractivity contribution in [2.75, 3.05) is 5.32 Å². The number of rotatable bonds is 2. The summed E-state index contributed by atoms with van der Waals surface area (Å²) in [7, 11) is 2.04. The van der Waals surface area contributed by atoms with Gasteiger partial charge in [0.1, 0.15) is 0 Å². The summed E-state index contributed by atoms with van der Waals surface area (Å²) in [4.78, 5) is 0. The molecule has 0 aliphatic heterocycles. The summed E-state index contributed by atoms with van der Waals surface area (Å²) in [6.07, 6.45) is 5.56. The first-order chi connectivity index (χ1) is 9.56. The molecule has 1 unspecified atom stereocenters. The highest BCUT2D eigenvalue weighted by Crippen LogP contribution is 2.35. The van der Waals surface area contributed by atoms with Crippen molar-refractivity contribution in [1.82, 2.24) is 9.78 Å². The van der Waals surface area contributed by atoms with E-state index in [4.69, 9.17) is 0 Å². The Morgan fingerprint density at radius 3 is 2.70 bits per heavy atom. The summed E-state index contributed by atoms with van der Waals surface area (Å²) < 4.78 is 3.16. The largest absolute Gasteiger partial charge is 0.378 e. The summed E-state index contributed by atoms with van der Waals surface area (Å²) in [6, 6.07) is 4.72. The Labute approximate surface area is 128 Å². The maximum absolute atomic E-state index is 4.42. The van der Waals surface area contributed by atoms with Gasteiger partial charge in [-0.1, -0.05) is 15.9 Å². The standard InChI is InChI=1S/C16H20BrN3/c1-10-7-12(17)8-11(2)16(10)19-14-5-4-6-15-13(14)9-18-20(15)3/h7-9,14,19H,4-6H2,1-3H3. The number of aromatic nitrogens is 2. The monoisotopic (exact) mass is 333 g/mol. The van der Waals surface area contributed by atoms with Gasteiger partial charge >= 0.3 is 0 Å². The van der Waals surface area contributed by atoms with Crippen molar-refractivity contribution in [2.24, 2.45) is 7.05 Å². The fourth-order valence-electron chi connectivity index (χ4n) is 3.17. The van der Waals surface area contributed by atoms with Gasteiger partial charge in [-0.25, -0.2) is 0 Å². The lowest BCUT2D eigenvalue weighted by atomic mass is 9.92. The molecule has 1 aromatic carbocycles. The van der Waals surface area contributed by atoms with Gasteiger partial charge in [-0.3, -0.25) is 4.68 Å². The molecule has 1 aliphatic rings. The molecule has 0 spiro atoms. The van der Waals surface area contributed by atoms with Gasteiger partial charge in [-0.2, -0.15) is 5.10 Å². The average Bonchev–Trinajstić information content (AvgIpc) is 2.77. The number of benzene rings is 1. The van der Waals surface area contributed by atoms with Crippen LogP contribution < -0.4 is 5.32 Å². The number of nitrogens with one attached hydrogen (secondary N) is 1. The summed E-state index contributed by atoms with van der Waals surface area (Å²) in [5.41, 5.74) is 6.57. The van der Waals surface area contributed by atoms with E-state index in [2.05, 4.69) is 52.3 Å². The van der Waals surface area contributed by atoms with Crippen LogP contribution in [0.4, 0.5) is 5.69 Å². The van der Waals surface area contributed by atoms with E-state index in [0.717, 1.165) is 10.9 Å². The zero-order valence-electron chi connectivity index (χ0n) is 12.2. The molecule has 0 bridgehead atoms. The Morgan fingerprint density at radius 2 is 2.00 bits per heavy atom. The van der Waals surface area contributed by atoms with Crippen LogP contribution in [0.2, 0.25) is 0 Å². The molecule has 0 saturated heterocycles. The Morgan fingerprint density at radius 1 is 1.30 bits per heavy atom. The number of halogens is 1. The highest BCUT2D eigenvalue weighted by Gasteiger charge is 2.24. The molecule has 1 N–H and O–H groups in total. The fraction of sp³-hybridized carbons (Fsp3) is 0.438.